The fraction of sp³-hybridized carbons (Fsp3) is 0.444. The van der Waals surface area contributed by atoms with E-state index >= 15 is 0 Å². The minimum absolute atomic E-state index is 0.0625. The number of carboxylic acid groups (broad SMARTS) is 1. The van der Waals surface area contributed by atoms with Crippen molar-refractivity contribution in [3.63, 3.8) is 0 Å². The Morgan fingerprint density at radius 1 is 1.61 bits per heavy atom. The normalized spacial score (nSPS) is 10.7. The van der Waals surface area contributed by atoms with Gasteiger partial charge in [0, 0.05) is 5.38 Å². The van der Waals surface area contributed by atoms with E-state index in [1.807, 2.05) is 6.92 Å². The fourth-order valence-electron chi connectivity index (χ4n) is 1.21. The van der Waals surface area contributed by atoms with Gasteiger partial charge in [-0.3, -0.25) is 4.79 Å². The van der Waals surface area contributed by atoms with Crippen molar-refractivity contribution in [3.05, 3.63) is 11.1 Å². The molecule has 0 unspecified atom stereocenters. The Hall–Kier alpha value is -1.48. The summed E-state index contributed by atoms with van der Waals surface area (Å²) in [5.41, 5.74) is 0.552. The van der Waals surface area contributed by atoms with Gasteiger partial charge >= 0.3 is 5.97 Å². The molecular weight excluding hydrogens is 274 g/mol. The van der Waals surface area contributed by atoms with Crippen LogP contribution in [0.3, 0.4) is 0 Å². The highest BCUT2D eigenvalue weighted by Gasteiger charge is 2.10. The molecule has 0 aliphatic heterocycles. The average Bonchev–Trinajstić information content (AvgIpc) is 2.89. The van der Waals surface area contributed by atoms with Crippen LogP contribution in [0, 0.1) is 0 Å². The number of hydrogen-bond acceptors (Lipinski definition) is 7. The van der Waals surface area contributed by atoms with Gasteiger partial charge in [-0.2, -0.15) is 4.80 Å². The lowest BCUT2D eigenvalue weighted by Crippen LogP contribution is -2.00. The lowest BCUT2D eigenvalue weighted by Gasteiger charge is -1.91. The van der Waals surface area contributed by atoms with Crippen molar-refractivity contribution in [1.29, 1.82) is 0 Å². The third kappa shape index (κ3) is 3.50. The number of thiazole rings is 1. The fourth-order valence-corrected chi connectivity index (χ4v) is 2.85. The Balaban J connectivity index is 1.99. The molecule has 0 saturated heterocycles. The quantitative estimate of drug-likeness (QED) is 0.855. The molecular formula is C9H11N5O2S2. The SMILES string of the molecule is CCCn1nnc(Sc2nc(CC(=O)O)cs2)n1. The molecule has 9 heteroatoms. The molecule has 96 valence electrons. The highest BCUT2D eigenvalue weighted by atomic mass is 32.2. The minimum atomic E-state index is -0.885. The van der Waals surface area contributed by atoms with E-state index in [2.05, 4.69) is 20.4 Å². The predicted octanol–water partition coefficient (Wildman–Crippen LogP) is 1.32. The van der Waals surface area contributed by atoms with Crippen molar-refractivity contribution in [3.8, 4) is 0 Å². The highest BCUT2D eigenvalue weighted by Crippen LogP contribution is 2.27. The maximum absolute atomic E-state index is 10.5. The number of rotatable bonds is 6. The summed E-state index contributed by atoms with van der Waals surface area (Å²) in [5, 5.41) is 22.9. The van der Waals surface area contributed by atoms with Crippen molar-refractivity contribution < 1.29 is 9.90 Å². The molecule has 0 fully saturated rings. The molecule has 18 heavy (non-hydrogen) atoms. The number of nitrogens with zero attached hydrogens (tertiary/aromatic N) is 5. The number of aromatic nitrogens is 5. The molecule has 0 saturated carbocycles. The number of carbonyl (C=O) groups is 1. The van der Waals surface area contributed by atoms with Gasteiger partial charge in [0.15, 0.2) is 4.34 Å². The van der Waals surface area contributed by atoms with Gasteiger partial charge in [0.25, 0.3) is 0 Å². The summed E-state index contributed by atoms with van der Waals surface area (Å²) in [6, 6.07) is 0. The average molecular weight is 285 g/mol. The van der Waals surface area contributed by atoms with Gasteiger partial charge in [-0.15, -0.1) is 21.5 Å². The van der Waals surface area contributed by atoms with E-state index in [1.54, 1.807) is 5.38 Å². The van der Waals surface area contributed by atoms with Gasteiger partial charge in [-0.25, -0.2) is 4.98 Å². The molecule has 2 aromatic rings. The van der Waals surface area contributed by atoms with Gasteiger partial charge in [0.05, 0.1) is 18.7 Å². The Kier molecular flexibility index (Phi) is 4.26. The van der Waals surface area contributed by atoms with E-state index in [4.69, 9.17) is 5.11 Å². The molecule has 0 aliphatic carbocycles. The topological polar surface area (TPSA) is 93.8 Å². The first-order valence-electron chi connectivity index (χ1n) is 5.29. The van der Waals surface area contributed by atoms with E-state index in [9.17, 15) is 4.79 Å². The number of aliphatic carboxylic acids is 1. The van der Waals surface area contributed by atoms with Crippen LogP contribution >= 0.6 is 23.1 Å². The molecule has 0 aliphatic rings. The second kappa shape index (κ2) is 5.91. The molecule has 0 atom stereocenters. The molecule has 1 N–H and O–H groups in total. The second-order valence-electron chi connectivity index (χ2n) is 3.45. The summed E-state index contributed by atoms with van der Waals surface area (Å²) in [7, 11) is 0. The largest absolute Gasteiger partial charge is 0.481 e. The zero-order chi connectivity index (χ0) is 13.0. The lowest BCUT2D eigenvalue weighted by molar-refractivity contribution is -0.136. The van der Waals surface area contributed by atoms with Crippen LogP contribution in [0.4, 0.5) is 0 Å². The molecule has 0 amide bonds. The van der Waals surface area contributed by atoms with Crippen LogP contribution in [-0.2, 0) is 17.8 Å². The van der Waals surface area contributed by atoms with Gasteiger partial charge in [0.1, 0.15) is 0 Å². The van der Waals surface area contributed by atoms with Gasteiger partial charge in [-0.1, -0.05) is 6.92 Å². The number of carboxylic acids is 1. The standard InChI is InChI=1S/C9H11N5O2S2/c1-2-3-14-12-8(11-13-14)18-9-10-6(5-17-9)4-7(15)16/h5H,2-4H2,1H3,(H,15,16). The van der Waals surface area contributed by atoms with Crippen LogP contribution in [0.15, 0.2) is 14.9 Å². The first-order valence-corrected chi connectivity index (χ1v) is 6.99. The Morgan fingerprint density at radius 3 is 3.17 bits per heavy atom. The first kappa shape index (κ1) is 13.0. The molecule has 7 nitrogen and oxygen atoms in total. The maximum Gasteiger partial charge on any atom is 0.309 e. The molecule has 0 aromatic carbocycles. The zero-order valence-electron chi connectivity index (χ0n) is 9.61. The van der Waals surface area contributed by atoms with E-state index in [0.717, 1.165) is 17.3 Å². The third-order valence-electron chi connectivity index (χ3n) is 1.90. The molecule has 2 aromatic heterocycles. The Bertz CT molecular complexity index is 539. The van der Waals surface area contributed by atoms with Crippen LogP contribution in [0.1, 0.15) is 19.0 Å². The van der Waals surface area contributed by atoms with Gasteiger partial charge in [-0.05, 0) is 23.4 Å². The van der Waals surface area contributed by atoms with Crippen molar-refractivity contribution in [2.45, 2.75) is 35.8 Å². The maximum atomic E-state index is 10.5. The summed E-state index contributed by atoms with van der Waals surface area (Å²) >= 11 is 2.67. The van der Waals surface area contributed by atoms with Crippen LogP contribution in [0.2, 0.25) is 0 Å². The summed E-state index contributed by atoms with van der Waals surface area (Å²) in [6.45, 7) is 2.77. The van der Waals surface area contributed by atoms with E-state index < -0.39 is 5.97 Å². The van der Waals surface area contributed by atoms with Crippen molar-refractivity contribution >= 4 is 29.1 Å². The summed E-state index contributed by atoms with van der Waals surface area (Å²) in [6.07, 6.45) is 0.882. The summed E-state index contributed by atoms with van der Waals surface area (Å²) < 4.78 is 0.724. The Labute approximate surface area is 111 Å². The van der Waals surface area contributed by atoms with E-state index in [0.29, 0.717) is 10.9 Å². The lowest BCUT2D eigenvalue weighted by atomic mass is 10.3. The second-order valence-corrected chi connectivity index (χ2v) is 5.52. The number of tetrazole rings is 1. The predicted molar refractivity (Wildman–Crippen MR) is 65.7 cm³/mol. The summed E-state index contributed by atoms with van der Waals surface area (Å²) in [5.74, 6) is -0.885. The van der Waals surface area contributed by atoms with E-state index in [-0.39, 0.29) is 6.42 Å². The zero-order valence-corrected chi connectivity index (χ0v) is 11.2. The monoisotopic (exact) mass is 285 g/mol. The smallest absolute Gasteiger partial charge is 0.309 e. The molecule has 0 spiro atoms. The first-order chi connectivity index (χ1) is 8.67. The van der Waals surface area contributed by atoms with Crippen molar-refractivity contribution in [2.75, 3.05) is 0 Å². The number of hydrogen-bond donors (Lipinski definition) is 1. The van der Waals surface area contributed by atoms with E-state index in [1.165, 1.54) is 27.9 Å². The van der Waals surface area contributed by atoms with Crippen LogP contribution in [0.5, 0.6) is 0 Å². The van der Waals surface area contributed by atoms with Crippen molar-refractivity contribution in [1.82, 2.24) is 25.2 Å². The van der Waals surface area contributed by atoms with Crippen molar-refractivity contribution in [2.24, 2.45) is 0 Å². The van der Waals surface area contributed by atoms with Gasteiger partial charge < -0.3 is 5.11 Å². The Morgan fingerprint density at radius 2 is 2.44 bits per heavy atom. The van der Waals surface area contributed by atoms with Crippen LogP contribution < -0.4 is 0 Å². The van der Waals surface area contributed by atoms with Crippen LogP contribution in [-0.4, -0.2) is 36.3 Å². The summed E-state index contributed by atoms with van der Waals surface area (Å²) in [4.78, 5) is 16.3. The highest BCUT2D eigenvalue weighted by molar-refractivity contribution is 8.00. The number of aryl methyl sites for hydroxylation is 1. The minimum Gasteiger partial charge on any atom is -0.481 e. The molecule has 2 heterocycles. The van der Waals surface area contributed by atoms with Gasteiger partial charge in [0.2, 0.25) is 5.16 Å². The third-order valence-corrected chi connectivity index (χ3v) is 3.73. The van der Waals surface area contributed by atoms with Crippen LogP contribution in [0.25, 0.3) is 0 Å². The molecule has 0 bridgehead atoms. The molecule has 2 rings (SSSR count). The molecule has 0 radical (unpaired) electrons.